The molecule has 0 aliphatic rings. The molecule has 0 saturated heterocycles. The summed E-state index contributed by atoms with van der Waals surface area (Å²) in [5.74, 6) is 1.26. The molecule has 3 nitrogen and oxygen atoms in total. The van der Waals surface area contributed by atoms with Gasteiger partial charge < -0.3 is 9.97 Å². The molecule has 0 spiro atoms. The van der Waals surface area contributed by atoms with Crippen LogP contribution in [-0.2, 0) is 0 Å². The molecule has 0 fully saturated rings. The predicted octanol–water partition coefficient (Wildman–Crippen LogP) is 3.04. The zero-order valence-electron chi connectivity index (χ0n) is 9.07. The van der Waals surface area contributed by atoms with Gasteiger partial charge in [-0.25, -0.2) is 4.98 Å². The van der Waals surface area contributed by atoms with Gasteiger partial charge in [0.2, 0.25) is 0 Å². The number of aromatic amines is 2. The molecule has 0 bridgehead atoms. The summed E-state index contributed by atoms with van der Waals surface area (Å²) in [7, 11) is 0. The Labute approximate surface area is 93.5 Å². The Hall–Kier alpha value is -2.03. The molecule has 2 aromatic heterocycles. The van der Waals surface area contributed by atoms with E-state index in [1.807, 2.05) is 12.3 Å². The van der Waals surface area contributed by atoms with E-state index in [-0.39, 0.29) is 5.92 Å². The Bertz CT molecular complexity index is 559. The van der Waals surface area contributed by atoms with Crippen LogP contribution in [0.2, 0.25) is 0 Å². The van der Waals surface area contributed by atoms with E-state index in [1.54, 1.807) is 6.20 Å². The maximum atomic E-state index is 4.29. The van der Waals surface area contributed by atoms with Crippen LogP contribution < -0.4 is 0 Å². The summed E-state index contributed by atoms with van der Waals surface area (Å²) in [4.78, 5) is 10.9. The molecule has 3 aromatic rings. The van der Waals surface area contributed by atoms with Crippen molar-refractivity contribution < 1.29 is 0 Å². The normalized spacial score (nSPS) is 13.1. The number of hydrogen-bond donors (Lipinski definition) is 2. The van der Waals surface area contributed by atoms with Crippen LogP contribution in [0.4, 0.5) is 0 Å². The number of benzene rings is 1. The van der Waals surface area contributed by atoms with Crippen LogP contribution in [0.15, 0.2) is 42.7 Å². The van der Waals surface area contributed by atoms with E-state index in [1.165, 1.54) is 16.6 Å². The summed E-state index contributed by atoms with van der Waals surface area (Å²) in [6, 6.07) is 10.5. The molecule has 0 aliphatic carbocycles. The zero-order chi connectivity index (χ0) is 11.0. The lowest BCUT2D eigenvalue weighted by Crippen LogP contribution is -1.98. The highest BCUT2D eigenvalue weighted by atomic mass is 14.9. The van der Waals surface area contributed by atoms with Crippen LogP contribution in [-0.4, -0.2) is 15.0 Å². The molecule has 0 saturated carbocycles. The van der Waals surface area contributed by atoms with Crippen molar-refractivity contribution in [1.29, 1.82) is 0 Å². The van der Waals surface area contributed by atoms with Crippen LogP contribution in [0.1, 0.15) is 24.4 Å². The van der Waals surface area contributed by atoms with Gasteiger partial charge in [0.25, 0.3) is 0 Å². The largest absolute Gasteiger partial charge is 0.358 e. The lowest BCUT2D eigenvalue weighted by atomic mass is 10.1. The third-order valence-electron chi connectivity index (χ3n) is 2.95. The molecule has 0 radical (unpaired) electrons. The molecule has 1 unspecified atom stereocenters. The minimum Gasteiger partial charge on any atom is -0.358 e. The zero-order valence-corrected chi connectivity index (χ0v) is 9.07. The Balaban J connectivity index is 2.06. The van der Waals surface area contributed by atoms with Gasteiger partial charge in [0, 0.05) is 23.6 Å². The molecule has 80 valence electrons. The monoisotopic (exact) mass is 211 g/mol. The highest BCUT2D eigenvalue weighted by Crippen LogP contribution is 2.24. The molecule has 2 heterocycles. The van der Waals surface area contributed by atoms with Crippen molar-refractivity contribution in [2.24, 2.45) is 0 Å². The average molecular weight is 211 g/mol. The third kappa shape index (κ3) is 1.41. The fourth-order valence-corrected chi connectivity index (χ4v) is 1.99. The van der Waals surface area contributed by atoms with Gasteiger partial charge >= 0.3 is 0 Å². The summed E-state index contributed by atoms with van der Waals surface area (Å²) in [6.07, 6.45) is 3.64. The second kappa shape index (κ2) is 3.52. The quantitative estimate of drug-likeness (QED) is 0.672. The fourth-order valence-electron chi connectivity index (χ4n) is 1.99. The van der Waals surface area contributed by atoms with Crippen molar-refractivity contribution in [2.45, 2.75) is 12.8 Å². The number of rotatable bonds is 2. The first-order valence-corrected chi connectivity index (χ1v) is 5.41. The Kier molecular flexibility index (Phi) is 2.03. The maximum absolute atomic E-state index is 4.29. The van der Waals surface area contributed by atoms with Crippen LogP contribution in [0.5, 0.6) is 0 Å². The number of imidazole rings is 1. The molecule has 1 atom stereocenters. The number of aromatic nitrogens is 3. The van der Waals surface area contributed by atoms with E-state index in [4.69, 9.17) is 0 Å². The van der Waals surface area contributed by atoms with Crippen LogP contribution in [0, 0.1) is 0 Å². The number of fused-ring (bicyclic) bond motifs is 1. The van der Waals surface area contributed by atoms with E-state index < -0.39 is 0 Å². The van der Waals surface area contributed by atoms with E-state index in [2.05, 4.69) is 46.1 Å². The number of para-hydroxylation sites is 1. The third-order valence-corrected chi connectivity index (χ3v) is 2.95. The van der Waals surface area contributed by atoms with E-state index >= 15 is 0 Å². The van der Waals surface area contributed by atoms with Gasteiger partial charge in [0.1, 0.15) is 5.82 Å². The van der Waals surface area contributed by atoms with Crippen LogP contribution >= 0.6 is 0 Å². The molecule has 0 amide bonds. The van der Waals surface area contributed by atoms with Crippen LogP contribution in [0.25, 0.3) is 10.9 Å². The van der Waals surface area contributed by atoms with Gasteiger partial charge in [0.05, 0.1) is 5.92 Å². The molecule has 16 heavy (non-hydrogen) atoms. The smallest absolute Gasteiger partial charge is 0.114 e. The van der Waals surface area contributed by atoms with Crippen molar-refractivity contribution in [2.75, 3.05) is 0 Å². The fraction of sp³-hybridized carbons (Fsp3) is 0.154. The number of hydrogen-bond acceptors (Lipinski definition) is 1. The first kappa shape index (κ1) is 9.21. The predicted molar refractivity (Wildman–Crippen MR) is 64.4 cm³/mol. The number of nitrogens with one attached hydrogen (secondary N) is 2. The van der Waals surface area contributed by atoms with Gasteiger partial charge in [-0.05, 0) is 24.4 Å². The van der Waals surface area contributed by atoms with Gasteiger partial charge in [-0.2, -0.15) is 0 Å². The lowest BCUT2D eigenvalue weighted by molar-refractivity contribution is 0.817. The minimum absolute atomic E-state index is 0.266. The summed E-state index contributed by atoms with van der Waals surface area (Å²) in [5, 5.41) is 1.25. The highest BCUT2D eigenvalue weighted by molar-refractivity contribution is 5.80. The highest BCUT2D eigenvalue weighted by Gasteiger charge is 2.12. The van der Waals surface area contributed by atoms with Crippen molar-refractivity contribution in [1.82, 2.24) is 15.0 Å². The Morgan fingerprint density at radius 2 is 2.12 bits per heavy atom. The molecule has 0 aliphatic heterocycles. The van der Waals surface area contributed by atoms with Crippen molar-refractivity contribution in [3.8, 4) is 0 Å². The molecular formula is C13H13N3. The van der Waals surface area contributed by atoms with Gasteiger partial charge in [-0.1, -0.05) is 18.2 Å². The van der Waals surface area contributed by atoms with Crippen molar-refractivity contribution in [3.05, 3.63) is 54.2 Å². The molecule has 2 N–H and O–H groups in total. The van der Waals surface area contributed by atoms with E-state index in [9.17, 15) is 0 Å². The van der Waals surface area contributed by atoms with Gasteiger partial charge in [0.15, 0.2) is 0 Å². The Morgan fingerprint density at radius 3 is 2.88 bits per heavy atom. The molecule has 1 aromatic carbocycles. The average Bonchev–Trinajstić information content (AvgIpc) is 2.97. The second-order valence-electron chi connectivity index (χ2n) is 4.01. The number of nitrogens with zero attached hydrogens (tertiary/aromatic N) is 1. The van der Waals surface area contributed by atoms with Gasteiger partial charge in [-0.15, -0.1) is 0 Å². The molecule has 3 rings (SSSR count). The number of H-pyrrole nitrogens is 2. The van der Waals surface area contributed by atoms with Crippen molar-refractivity contribution in [3.63, 3.8) is 0 Å². The van der Waals surface area contributed by atoms with Gasteiger partial charge in [-0.3, -0.25) is 0 Å². The second-order valence-corrected chi connectivity index (χ2v) is 4.01. The SMILES string of the molecule is CC(c1cc2ccccc2[nH]1)c1ncc[nH]1. The van der Waals surface area contributed by atoms with E-state index in [0.29, 0.717) is 0 Å². The van der Waals surface area contributed by atoms with Crippen LogP contribution in [0.3, 0.4) is 0 Å². The van der Waals surface area contributed by atoms with E-state index in [0.717, 1.165) is 5.82 Å². The lowest BCUT2D eigenvalue weighted by Gasteiger charge is -2.05. The Morgan fingerprint density at radius 1 is 1.25 bits per heavy atom. The standard InChI is InChI=1S/C13H13N3/c1-9(13-14-6-7-15-13)12-8-10-4-2-3-5-11(10)16-12/h2-9,16H,1H3,(H,14,15). The first-order chi connectivity index (χ1) is 7.84. The van der Waals surface area contributed by atoms with Crippen molar-refractivity contribution >= 4 is 10.9 Å². The topological polar surface area (TPSA) is 44.5 Å². The molecular weight excluding hydrogens is 198 g/mol. The summed E-state index contributed by atoms with van der Waals surface area (Å²) in [6.45, 7) is 2.14. The first-order valence-electron chi connectivity index (χ1n) is 5.41. The summed E-state index contributed by atoms with van der Waals surface area (Å²) >= 11 is 0. The maximum Gasteiger partial charge on any atom is 0.114 e. The summed E-state index contributed by atoms with van der Waals surface area (Å²) < 4.78 is 0. The molecule has 3 heteroatoms. The minimum atomic E-state index is 0.266. The summed E-state index contributed by atoms with van der Waals surface area (Å²) in [5.41, 5.74) is 2.37.